The largest absolute Gasteiger partial charge is 0.435 e. The Bertz CT molecular complexity index is 603. The highest BCUT2D eigenvalue weighted by molar-refractivity contribution is 5.43. The van der Waals surface area contributed by atoms with Gasteiger partial charge in [0.1, 0.15) is 11.6 Å². The minimum atomic E-state index is -2.86. The molecule has 2 rings (SSSR count). The molecule has 0 spiro atoms. The lowest BCUT2D eigenvalue weighted by Gasteiger charge is -2.18. The predicted molar refractivity (Wildman–Crippen MR) is 75.0 cm³/mol. The zero-order valence-electron chi connectivity index (χ0n) is 11.7. The summed E-state index contributed by atoms with van der Waals surface area (Å²) in [7, 11) is 0. The van der Waals surface area contributed by atoms with Crippen molar-refractivity contribution in [3.8, 4) is 5.75 Å². The molecular formula is C16H16F3NO. The maximum Gasteiger partial charge on any atom is 0.387 e. The summed E-state index contributed by atoms with van der Waals surface area (Å²) in [6.07, 6.45) is 0. The SMILES string of the molecule is Cc1cc(F)cc(C)c1C(N)c1ccc(OC(F)F)cc1. The molecule has 0 aliphatic rings. The van der Waals surface area contributed by atoms with Crippen LogP contribution >= 0.6 is 0 Å². The van der Waals surface area contributed by atoms with Crippen LogP contribution in [0.4, 0.5) is 13.2 Å². The summed E-state index contributed by atoms with van der Waals surface area (Å²) < 4.78 is 41.8. The third-order valence-corrected chi connectivity index (χ3v) is 3.33. The molecule has 2 N–H and O–H groups in total. The molecule has 112 valence electrons. The monoisotopic (exact) mass is 295 g/mol. The molecule has 0 bridgehead atoms. The molecule has 0 radical (unpaired) electrons. The Morgan fingerprint density at radius 3 is 2.00 bits per heavy atom. The molecular weight excluding hydrogens is 279 g/mol. The van der Waals surface area contributed by atoms with Gasteiger partial charge in [-0.15, -0.1) is 0 Å². The second-order valence-corrected chi connectivity index (χ2v) is 4.88. The number of benzene rings is 2. The second-order valence-electron chi connectivity index (χ2n) is 4.88. The molecule has 1 unspecified atom stereocenters. The highest BCUT2D eigenvalue weighted by atomic mass is 19.3. The van der Waals surface area contributed by atoms with E-state index in [0.717, 1.165) is 22.3 Å². The molecule has 0 saturated heterocycles. The number of halogens is 3. The fourth-order valence-corrected chi connectivity index (χ4v) is 2.44. The minimum absolute atomic E-state index is 0.0773. The molecule has 5 heteroatoms. The van der Waals surface area contributed by atoms with E-state index in [1.54, 1.807) is 26.0 Å². The average Bonchev–Trinajstić information content (AvgIpc) is 2.37. The molecule has 0 fully saturated rings. The van der Waals surface area contributed by atoms with Crippen LogP contribution in [0.5, 0.6) is 5.75 Å². The third-order valence-electron chi connectivity index (χ3n) is 3.33. The van der Waals surface area contributed by atoms with Crippen molar-refractivity contribution in [3.05, 3.63) is 64.5 Å². The Morgan fingerprint density at radius 1 is 1.00 bits per heavy atom. The van der Waals surface area contributed by atoms with Gasteiger partial charge >= 0.3 is 6.61 Å². The van der Waals surface area contributed by atoms with E-state index in [1.165, 1.54) is 24.3 Å². The molecule has 2 aromatic rings. The van der Waals surface area contributed by atoms with Crippen molar-refractivity contribution in [2.24, 2.45) is 5.73 Å². The van der Waals surface area contributed by atoms with Crippen molar-refractivity contribution in [2.45, 2.75) is 26.5 Å². The molecule has 0 amide bonds. The van der Waals surface area contributed by atoms with Crippen LogP contribution in [0.15, 0.2) is 36.4 Å². The Labute approximate surface area is 121 Å². The van der Waals surface area contributed by atoms with Crippen LogP contribution < -0.4 is 10.5 Å². The zero-order chi connectivity index (χ0) is 15.6. The average molecular weight is 295 g/mol. The topological polar surface area (TPSA) is 35.2 Å². The first-order valence-corrected chi connectivity index (χ1v) is 6.45. The van der Waals surface area contributed by atoms with E-state index in [0.29, 0.717) is 0 Å². The van der Waals surface area contributed by atoms with Gasteiger partial charge in [0, 0.05) is 0 Å². The van der Waals surface area contributed by atoms with Gasteiger partial charge in [-0.1, -0.05) is 12.1 Å². The molecule has 0 aliphatic heterocycles. The Morgan fingerprint density at radius 2 is 1.52 bits per heavy atom. The van der Waals surface area contributed by atoms with E-state index in [4.69, 9.17) is 5.73 Å². The maximum absolute atomic E-state index is 13.3. The number of ether oxygens (including phenoxy) is 1. The normalized spacial score (nSPS) is 12.5. The highest BCUT2D eigenvalue weighted by Crippen LogP contribution is 2.28. The molecule has 2 aromatic carbocycles. The van der Waals surface area contributed by atoms with E-state index in [-0.39, 0.29) is 11.6 Å². The summed E-state index contributed by atoms with van der Waals surface area (Å²) >= 11 is 0. The standard InChI is InChI=1S/C16H16F3NO/c1-9-7-12(17)8-10(2)14(9)15(20)11-3-5-13(6-4-11)21-16(18)19/h3-8,15-16H,20H2,1-2H3. The number of aryl methyl sites for hydroxylation is 2. The number of hydrogen-bond acceptors (Lipinski definition) is 2. The highest BCUT2D eigenvalue weighted by Gasteiger charge is 2.15. The fraction of sp³-hybridized carbons (Fsp3) is 0.250. The van der Waals surface area contributed by atoms with Crippen molar-refractivity contribution >= 4 is 0 Å². The van der Waals surface area contributed by atoms with Gasteiger partial charge in [-0.2, -0.15) is 8.78 Å². The third kappa shape index (κ3) is 3.55. The summed E-state index contributed by atoms with van der Waals surface area (Å²) in [6, 6.07) is 8.54. The van der Waals surface area contributed by atoms with Crippen molar-refractivity contribution in [1.82, 2.24) is 0 Å². The summed E-state index contributed by atoms with van der Waals surface area (Å²) in [5.74, 6) is -0.227. The Balaban J connectivity index is 2.30. The van der Waals surface area contributed by atoms with Crippen LogP contribution in [0.25, 0.3) is 0 Å². The first kappa shape index (κ1) is 15.4. The lowest BCUT2D eigenvalue weighted by molar-refractivity contribution is -0.0498. The Hall–Kier alpha value is -2.01. The first-order chi connectivity index (χ1) is 9.88. The van der Waals surface area contributed by atoms with Crippen LogP contribution in [-0.4, -0.2) is 6.61 Å². The number of nitrogens with two attached hydrogens (primary N) is 1. The van der Waals surface area contributed by atoms with Gasteiger partial charge < -0.3 is 10.5 Å². The van der Waals surface area contributed by atoms with Crippen molar-refractivity contribution < 1.29 is 17.9 Å². The summed E-state index contributed by atoms with van der Waals surface area (Å²) in [5.41, 5.74) is 9.30. The lowest BCUT2D eigenvalue weighted by atomic mass is 9.92. The zero-order valence-corrected chi connectivity index (χ0v) is 11.7. The lowest BCUT2D eigenvalue weighted by Crippen LogP contribution is -2.15. The van der Waals surface area contributed by atoms with Crippen LogP contribution in [-0.2, 0) is 0 Å². The maximum atomic E-state index is 13.3. The molecule has 21 heavy (non-hydrogen) atoms. The molecule has 0 aromatic heterocycles. The number of hydrogen-bond donors (Lipinski definition) is 1. The fourth-order valence-electron chi connectivity index (χ4n) is 2.44. The number of rotatable bonds is 4. The quantitative estimate of drug-likeness (QED) is 0.922. The van der Waals surface area contributed by atoms with E-state index >= 15 is 0 Å². The van der Waals surface area contributed by atoms with Crippen LogP contribution in [0, 0.1) is 19.7 Å². The van der Waals surface area contributed by atoms with Crippen LogP contribution in [0.1, 0.15) is 28.3 Å². The molecule has 0 heterocycles. The summed E-state index contributed by atoms with van der Waals surface area (Å²) in [6.45, 7) is 0.727. The van der Waals surface area contributed by atoms with Crippen molar-refractivity contribution in [3.63, 3.8) is 0 Å². The number of alkyl halides is 2. The smallest absolute Gasteiger partial charge is 0.387 e. The van der Waals surface area contributed by atoms with Gasteiger partial charge in [-0.05, 0) is 60.4 Å². The van der Waals surface area contributed by atoms with Gasteiger partial charge in [0.2, 0.25) is 0 Å². The van der Waals surface area contributed by atoms with E-state index in [9.17, 15) is 13.2 Å². The summed E-state index contributed by atoms with van der Waals surface area (Å²) in [5, 5.41) is 0. The van der Waals surface area contributed by atoms with Gasteiger partial charge in [0.05, 0.1) is 6.04 Å². The first-order valence-electron chi connectivity index (χ1n) is 6.45. The van der Waals surface area contributed by atoms with Crippen LogP contribution in [0.3, 0.4) is 0 Å². The summed E-state index contributed by atoms with van der Waals surface area (Å²) in [4.78, 5) is 0. The van der Waals surface area contributed by atoms with Gasteiger partial charge in [0.15, 0.2) is 0 Å². The molecule has 0 aliphatic carbocycles. The van der Waals surface area contributed by atoms with Crippen molar-refractivity contribution in [2.75, 3.05) is 0 Å². The van der Waals surface area contributed by atoms with Gasteiger partial charge in [-0.3, -0.25) is 0 Å². The molecule has 1 atom stereocenters. The van der Waals surface area contributed by atoms with E-state index in [1.807, 2.05) is 0 Å². The second kappa shape index (κ2) is 6.18. The molecule has 0 saturated carbocycles. The van der Waals surface area contributed by atoms with Gasteiger partial charge in [-0.25, -0.2) is 4.39 Å². The van der Waals surface area contributed by atoms with Gasteiger partial charge in [0.25, 0.3) is 0 Å². The van der Waals surface area contributed by atoms with Crippen molar-refractivity contribution in [1.29, 1.82) is 0 Å². The van der Waals surface area contributed by atoms with E-state index in [2.05, 4.69) is 4.74 Å². The minimum Gasteiger partial charge on any atom is -0.435 e. The predicted octanol–water partition coefficient (Wildman–Crippen LogP) is 4.09. The molecule has 2 nitrogen and oxygen atoms in total. The van der Waals surface area contributed by atoms with E-state index < -0.39 is 12.7 Å². The Kier molecular flexibility index (Phi) is 4.53. The van der Waals surface area contributed by atoms with Crippen LogP contribution in [0.2, 0.25) is 0 Å².